The van der Waals surface area contributed by atoms with E-state index in [9.17, 15) is 18.0 Å². The maximum absolute atomic E-state index is 13.6. The second-order valence-corrected chi connectivity index (χ2v) is 5.16. The number of amides is 1. The van der Waals surface area contributed by atoms with E-state index in [1.807, 2.05) is 0 Å². The van der Waals surface area contributed by atoms with Crippen LogP contribution in [-0.2, 0) is 16.0 Å². The summed E-state index contributed by atoms with van der Waals surface area (Å²) in [7, 11) is 0. The number of ether oxygens (including phenoxy) is 1. The van der Waals surface area contributed by atoms with Gasteiger partial charge in [0.15, 0.2) is 17.5 Å². The van der Waals surface area contributed by atoms with Crippen LogP contribution in [0.15, 0.2) is 18.5 Å². The number of hydrogen-bond donors (Lipinski definition) is 2. The first-order valence-corrected chi connectivity index (χ1v) is 6.94. The van der Waals surface area contributed by atoms with E-state index in [2.05, 4.69) is 20.5 Å². The maximum Gasteiger partial charge on any atom is 0.224 e. The number of hydrogen-bond acceptors (Lipinski definition) is 4. The standard InChI is InChI=1S/C14H13F3N4O2/c15-8-5-10(17)9(16)3-7(8)4-12(22)20-11-1-2-23-13(11)14-18-6-19-21-14/h3,5-6,11,13H,1-2,4H2,(H,20,22)(H,18,19,21)/t11-,13+/m0/s1. The van der Waals surface area contributed by atoms with E-state index in [0.29, 0.717) is 31.0 Å². The first-order chi connectivity index (χ1) is 11.0. The molecule has 1 amide bonds. The summed E-state index contributed by atoms with van der Waals surface area (Å²) in [5, 5.41) is 9.08. The van der Waals surface area contributed by atoms with Gasteiger partial charge in [-0.1, -0.05) is 0 Å². The summed E-state index contributed by atoms with van der Waals surface area (Å²) in [6.45, 7) is 0.426. The summed E-state index contributed by atoms with van der Waals surface area (Å²) in [5.41, 5.74) is -0.212. The quantitative estimate of drug-likeness (QED) is 0.833. The predicted molar refractivity (Wildman–Crippen MR) is 71.6 cm³/mol. The number of carbonyl (C=O) groups is 1. The summed E-state index contributed by atoms with van der Waals surface area (Å²) in [5.74, 6) is -3.49. The van der Waals surface area contributed by atoms with Crippen molar-refractivity contribution in [3.05, 3.63) is 47.3 Å². The number of rotatable bonds is 4. The number of benzene rings is 1. The molecule has 0 aliphatic carbocycles. The molecule has 3 rings (SSSR count). The lowest BCUT2D eigenvalue weighted by Gasteiger charge is -2.18. The molecule has 1 fully saturated rings. The van der Waals surface area contributed by atoms with Crippen molar-refractivity contribution in [2.45, 2.75) is 25.0 Å². The topological polar surface area (TPSA) is 79.9 Å². The van der Waals surface area contributed by atoms with Crippen LogP contribution in [0.5, 0.6) is 0 Å². The zero-order chi connectivity index (χ0) is 16.4. The number of carbonyl (C=O) groups excluding carboxylic acids is 1. The van der Waals surface area contributed by atoms with Crippen molar-refractivity contribution in [2.24, 2.45) is 0 Å². The highest BCUT2D eigenvalue weighted by atomic mass is 19.2. The highest BCUT2D eigenvalue weighted by Gasteiger charge is 2.33. The molecule has 1 aromatic carbocycles. The molecule has 1 aliphatic rings. The SMILES string of the molecule is O=C(Cc1cc(F)c(F)cc1F)N[C@H]1CCO[C@H]1c1ncn[nH]1. The number of nitrogens with one attached hydrogen (secondary N) is 2. The minimum Gasteiger partial charge on any atom is -0.368 e. The van der Waals surface area contributed by atoms with E-state index in [1.165, 1.54) is 6.33 Å². The van der Waals surface area contributed by atoms with Gasteiger partial charge in [0.05, 0.1) is 12.5 Å². The molecule has 2 aromatic rings. The highest BCUT2D eigenvalue weighted by molar-refractivity contribution is 5.79. The van der Waals surface area contributed by atoms with Crippen LogP contribution in [0.2, 0.25) is 0 Å². The monoisotopic (exact) mass is 326 g/mol. The van der Waals surface area contributed by atoms with Crippen molar-refractivity contribution in [1.29, 1.82) is 0 Å². The first-order valence-electron chi connectivity index (χ1n) is 6.94. The second-order valence-electron chi connectivity index (χ2n) is 5.16. The molecule has 2 heterocycles. The Balaban J connectivity index is 1.66. The highest BCUT2D eigenvalue weighted by Crippen LogP contribution is 2.26. The zero-order valence-electron chi connectivity index (χ0n) is 11.9. The molecule has 1 aromatic heterocycles. The van der Waals surface area contributed by atoms with Gasteiger partial charge in [0.1, 0.15) is 18.2 Å². The molecule has 0 saturated carbocycles. The van der Waals surface area contributed by atoms with Crippen LogP contribution in [0.25, 0.3) is 0 Å². The number of aromatic nitrogens is 3. The average Bonchev–Trinajstić information content (AvgIpc) is 3.15. The van der Waals surface area contributed by atoms with Crippen molar-refractivity contribution >= 4 is 5.91 Å². The fourth-order valence-corrected chi connectivity index (χ4v) is 2.49. The summed E-state index contributed by atoms with van der Waals surface area (Å²) >= 11 is 0. The van der Waals surface area contributed by atoms with Crippen molar-refractivity contribution in [1.82, 2.24) is 20.5 Å². The van der Waals surface area contributed by atoms with Crippen molar-refractivity contribution in [3.8, 4) is 0 Å². The summed E-state index contributed by atoms with van der Waals surface area (Å²) < 4.78 is 45.1. The molecule has 0 bridgehead atoms. The Kier molecular flexibility index (Phi) is 4.28. The predicted octanol–water partition coefficient (Wildman–Crippen LogP) is 1.41. The third-order valence-corrected chi connectivity index (χ3v) is 3.58. The number of nitrogens with zero attached hydrogens (tertiary/aromatic N) is 2. The van der Waals surface area contributed by atoms with Crippen molar-refractivity contribution in [3.63, 3.8) is 0 Å². The van der Waals surface area contributed by atoms with Crippen LogP contribution in [0.1, 0.15) is 23.9 Å². The van der Waals surface area contributed by atoms with Gasteiger partial charge in [0.25, 0.3) is 0 Å². The Hall–Kier alpha value is -2.42. The van der Waals surface area contributed by atoms with Crippen LogP contribution in [-0.4, -0.2) is 33.7 Å². The third-order valence-electron chi connectivity index (χ3n) is 3.58. The van der Waals surface area contributed by atoms with Gasteiger partial charge in [0, 0.05) is 18.2 Å². The largest absolute Gasteiger partial charge is 0.368 e. The van der Waals surface area contributed by atoms with Crippen LogP contribution >= 0.6 is 0 Å². The van der Waals surface area contributed by atoms with Gasteiger partial charge < -0.3 is 10.1 Å². The molecular weight excluding hydrogens is 313 g/mol. The van der Waals surface area contributed by atoms with Crippen LogP contribution in [0.3, 0.4) is 0 Å². The Morgan fingerprint density at radius 2 is 2.09 bits per heavy atom. The van der Waals surface area contributed by atoms with E-state index < -0.39 is 35.9 Å². The molecule has 1 saturated heterocycles. The second kappa shape index (κ2) is 6.37. The summed E-state index contributed by atoms with van der Waals surface area (Å²) in [4.78, 5) is 16.0. The van der Waals surface area contributed by atoms with Gasteiger partial charge >= 0.3 is 0 Å². The molecule has 2 atom stereocenters. The molecule has 23 heavy (non-hydrogen) atoms. The van der Waals surface area contributed by atoms with E-state index >= 15 is 0 Å². The maximum atomic E-state index is 13.6. The van der Waals surface area contributed by atoms with Gasteiger partial charge in [-0.05, 0) is 12.5 Å². The van der Waals surface area contributed by atoms with Gasteiger partial charge in [-0.2, -0.15) is 5.10 Å². The van der Waals surface area contributed by atoms with E-state index in [4.69, 9.17) is 4.74 Å². The Labute approximate surface area is 129 Å². The molecule has 9 heteroatoms. The normalized spacial score (nSPS) is 20.7. The first kappa shape index (κ1) is 15.5. The number of aromatic amines is 1. The van der Waals surface area contributed by atoms with Crippen molar-refractivity contribution < 1.29 is 22.7 Å². The minimum atomic E-state index is -1.29. The molecule has 1 aliphatic heterocycles. The van der Waals surface area contributed by atoms with Gasteiger partial charge in [-0.3, -0.25) is 9.89 Å². The molecule has 0 unspecified atom stereocenters. The lowest BCUT2D eigenvalue weighted by atomic mass is 10.1. The summed E-state index contributed by atoms with van der Waals surface area (Å²) in [6, 6.07) is 0.751. The van der Waals surface area contributed by atoms with E-state index in [0.717, 1.165) is 0 Å². The molecule has 0 radical (unpaired) electrons. The zero-order valence-corrected chi connectivity index (χ0v) is 11.9. The smallest absolute Gasteiger partial charge is 0.224 e. The lowest BCUT2D eigenvalue weighted by Crippen LogP contribution is -2.38. The van der Waals surface area contributed by atoms with Crippen LogP contribution < -0.4 is 5.32 Å². The Morgan fingerprint density at radius 1 is 1.30 bits per heavy atom. The Morgan fingerprint density at radius 3 is 2.83 bits per heavy atom. The van der Waals surface area contributed by atoms with Crippen LogP contribution in [0, 0.1) is 17.5 Å². The van der Waals surface area contributed by atoms with Gasteiger partial charge in [0.2, 0.25) is 5.91 Å². The van der Waals surface area contributed by atoms with Gasteiger partial charge in [-0.15, -0.1) is 0 Å². The molecule has 0 spiro atoms. The van der Waals surface area contributed by atoms with Crippen LogP contribution in [0.4, 0.5) is 13.2 Å². The Bertz CT molecular complexity index is 708. The van der Waals surface area contributed by atoms with E-state index in [-0.39, 0.29) is 11.6 Å². The van der Waals surface area contributed by atoms with Crippen molar-refractivity contribution in [2.75, 3.05) is 6.61 Å². The average molecular weight is 326 g/mol. The molecular formula is C14H13F3N4O2. The fraction of sp³-hybridized carbons (Fsp3) is 0.357. The fourth-order valence-electron chi connectivity index (χ4n) is 2.49. The lowest BCUT2D eigenvalue weighted by molar-refractivity contribution is -0.121. The molecule has 122 valence electrons. The van der Waals surface area contributed by atoms with E-state index in [1.54, 1.807) is 0 Å². The molecule has 2 N–H and O–H groups in total. The number of halogens is 3. The third kappa shape index (κ3) is 3.34. The minimum absolute atomic E-state index is 0.212. The number of H-pyrrole nitrogens is 1. The van der Waals surface area contributed by atoms with Gasteiger partial charge in [-0.25, -0.2) is 18.2 Å². The summed E-state index contributed by atoms with van der Waals surface area (Å²) in [6.07, 6.45) is 1.00. The molecule has 6 nitrogen and oxygen atoms in total.